The Morgan fingerprint density at radius 3 is 2.52 bits per heavy atom. The van der Waals surface area contributed by atoms with Crippen LogP contribution in [0.15, 0.2) is 30.3 Å². The fourth-order valence-electron chi connectivity index (χ4n) is 3.19. The Morgan fingerprint density at radius 2 is 1.80 bits per heavy atom. The zero-order valence-corrected chi connectivity index (χ0v) is 15.8. The quantitative estimate of drug-likeness (QED) is 0.564. The van der Waals surface area contributed by atoms with Crippen molar-refractivity contribution in [2.75, 3.05) is 19.8 Å². The summed E-state index contributed by atoms with van der Waals surface area (Å²) in [5.41, 5.74) is 1.16. The van der Waals surface area contributed by atoms with Crippen LogP contribution >= 0.6 is 0 Å². The molecular weight excluding hydrogens is 314 g/mol. The van der Waals surface area contributed by atoms with Crippen LogP contribution in [-0.4, -0.2) is 42.8 Å². The van der Waals surface area contributed by atoms with Crippen LogP contribution in [0.1, 0.15) is 57.9 Å². The Hall–Kier alpha value is -1.39. The monoisotopic (exact) mass is 347 g/mol. The average molecular weight is 347 g/mol. The van der Waals surface area contributed by atoms with Gasteiger partial charge in [-0.15, -0.1) is 0 Å². The van der Waals surface area contributed by atoms with Crippen molar-refractivity contribution in [2.24, 2.45) is 0 Å². The summed E-state index contributed by atoms with van der Waals surface area (Å²) >= 11 is 0. The van der Waals surface area contributed by atoms with Crippen molar-refractivity contribution in [2.45, 2.75) is 71.1 Å². The van der Waals surface area contributed by atoms with Crippen molar-refractivity contribution in [1.29, 1.82) is 0 Å². The average Bonchev–Trinajstić information content (AvgIpc) is 2.64. The van der Waals surface area contributed by atoms with Gasteiger partial charge in [0.05, 0.1) is 18.8 Å². The van der Waals surface area contributed by atoms with E-state index in [0.29, 0.717) is 19.6 Å². The number of ether oxygens (including phenoxy) is 2. The van der Waals surface area contributed by atoms with Crippen molar-refractivity contribution < 1.29 is 14.3 Å². The lowest BCUT2D eigenvalue weighted by molar-refractivity contribution is -0.150. The maximum atomic E-state index is 12.6. The van der Waals surface area contributed by atoms with Gasteiger partial charge in [0.25, 0.3) is 0 Å². The number of rotatable bonds is 11. The van der Waals surface area contributed by atoms with Crippen molar-refractivity contribution in [3.8, 4) is 0 Å². The number of hydrogen-bond donors (Lipinski definition) is 0. The van der Waals surface area contributed by atoms with Crippen molar-refractivity contribution in [1.82, 2.24) is 4.90 Å². The van der Waals surface area contributed by atoms with Gasteiger partial charge in [0, 0.05) is 26.2 Å². The maximum Gasteiger partial charge on any atom is 0.223 e. The molecule has 1 aliphatic rings. The van der Waals surface area contributed by atoms with Crippen LogP contribution in [0.5, 0.6) is 0 Å². The fraction of sp³-hybridized carbons (Fsp3) is 0.667. The SMILES string of the molecule is CCCCOCC1C(OCCCC)CCC(=O)N1Cc1ccccc1. The summed E-state index contributed by atoms with van der Waals surface area (Å²) in [4.78, 5) is 14.6. The maximum absolute atomic E-state index is 12.6. The molecule has 1 heterocycles. The van der Waals surface area contributed by atoms with Crippen molar-refractivity contribution >= 4 is 5.91 Å². The lowest BCUT2D eigenvalue weighted by Gasteiger charge is -2.41. The molecule has 1 fully saturated rings. The molecule has 1 amide bonds. The summed E-state index contributed by atoms with van der Waals surface area (Å²) < 4.78 is 12.0. The summed E-state index contributed by atoms with van der Waals surface area (Å²) in [6.07, 6.45) is 5.80. The van der Waals surface area contributed by atoms with Crippen LogP contribution in [-0.2, 0) is 20.8 Å². The van der Waals surface area contributed by atoms with E-state index < -0.39 is 0 Å². The van der Waals surface area contributed by atoms with Crippen LogP contribution in [0, 0.1) is 0 Å². The zero-order chi connectivity index (χ0) is 17.9. The van der Waals surface area contributed by atoms with Gasteiger partial charge in [-0.25, -0.2) is 0 Å². The van der Waals surface area contributed by atoms with Crippen molar-refractivity contribution in [3.05, 3.63) is 35.9 Å². The molecule has 0 N–H and O–H groups in total. The summed E-state index contributed by atoms with van der Waals surface area (Å²) in [6.45, 7) is 7.04. The highest BCUT2D eigenvalue weighted by Crippen LogP contribution is 2.24. The Bertz CT molecular complexity index is 491. The largest absolute Gasteiger partial charge is 0.379 e. The van der Waals surface area contributed by atoms with Crippen LogP contribution in [0.3, 0.4) is 0 Å². The topological polar surface area (TPSA) is 38.8 Å². The normalized spacial score (nSPS) is 20.9. The molecule has 0 aliphatic carbocycles. The molecule has 2 unspecified atom stereocenters. The second-order valence-electron chi connectivity index (χ2n) is 6.80. The number of likely N-dealkylation sites (tertiary alicyclic amines) is 1. The Balaban J connectivity index is 2.04. The smallest absolute Gasteiger partial charge is 0.223 e. The van der Waals surface area contributed by atoms with Gasteiger partial charge in [-0.1, -0.05) is 57.0 Å². The van der Waals surface area contributed by atoms with Crippen LogP contribution in [0.2, 0.25) is 0 Å². The summed E-state index contributed by atoms with van der Waals surface area (Å²) in [7, 11) is 0. The van der Waals surface area contributed by atoms with E-state index in [9.17, 15) is 4.79 Å². The second-order valence-corrected chi connectivity index (χ2v) is 6.80. The summed E-state index contributed by atoms with van der Waals surface area (Å²) in [5.74, 6) is 0.211. The lowest BCUT2D eigenvalue weighted by Crippen LogP contribution is -2.54. The molecule has 4 heteroatoms. The molecule has 25 heavy (non-hydrogen) atoms. The minimum Gasteiger partial charge on any atom is -0.379 e. The molecule has 140 valence electrons. The third-order valence-electron chi connectivity index (χ3n) is 4.75. The van der Waals surface area contributed by atoms with E-state index in [1.165, 1.54) is 0 Å². The van der Waals surface area contributed by atoms with Crippen LogP contribution in [0.4, 0.5) is 0 Å². The number of nitrogens with zero attached hydrogens (tertiary/aromatic N) is 1. The van der Waals surface area contributed by atoms with Gasteiger partial charge in [0.2, 0.25) is 5.91 Å². The first-order chi connectivity index (χ1) is 12.3. The number of carbonyl (C=O) groups is 1. The van der Waals surface area contributed by atoms with Crippen LogP contribution < -0.4 is 0 Å². The number of carbonyl (C=O) groups excluding carboxylic acids is 1. The van der Waals surface area contributed by atoms with Gasteiger partial charge in [0.1, 0.15) is 0 Å². The standard InChI is InChI=1S/C21H33NO3/c1-3-5-14-24-17-19-20(25-15-6-4-2)12-13-21(23)22(19)16-18-10-8-7-9-11-18/h7-11,19-20H,3-6,12-17H2,1-2H3. The summed E-state index contributed by atoms with van der Waals surface area (Å²) in [6, 6.07) is 10.2. The molecule has 0 radical (unpaired) electrons. The fourth-order valence-corrected chi connectivity index (χ4v) is 3.19. The molecule has 1 aromatic rings. The molecular formula is C21H33NO3. The third-order valence-corrected chi connectivity index (χ3v) is 4.75. The number of amides is 1. The molecule has 1 aliphatic heterocycles. The highest BCUT2D eigenvalue weighted by Gasteiger charge is 2.36. The van der Waals surface area contributed by atoms with E-state index in [2.05, 4.69) is 26.0 Å². The Morgan fingerprint density at radius 1 is 1.08 bits per heavy atom. The van der Waals surface area contributed by atoms with Gasteiger partial charge in [-0.05, 0) is 24.8 Å². The van der Waals surface area contributed by atoms with Gasteiger partial charge in [0.15, 0.2) is 0 Å². The first-order valence-electron chi connectivity index (χ1n) is 9.79. The number of benzene rings is 1. The molecule has 2 rings (SSSR count). The molecule has 1 aromatic carbocycles. The van der Waals surface area contributed by atoms with Gasteiger partial charge >= 0.3 is 0 Å². The summed E-state index contributed by atoms with van der Waals surface area (Å²) in [5, 5.41) is 0. The number of hydrogen-bond acceptors (Lipinski definition) is 3. The predicted molar refractivity (Wildman–Crippen MR) is 100 cm³/mol. The zero-order valence-electron chi connectivity index (χ0n) is 15.8. The predicted octanol–water partition coefficient (Wildman–Crippen LogP) is 4.18. The molecule has 2 atom stereocenters. The highest BCUT2D eigenvalue weighted by molar-refractivity contribution is 5.77. The van der Waals surface area contributed by atoms with Gasteiger partial charge in [-0.2, -0.15) is 0 Å². The number of piperidine rings is 1. The lowest BCUT2D eigenvalue weighted by atomic mass is 9.97. The molecule has 0 bridgehead atoms. The molecule has 1 saturated heterocycles. The van der Waals surface area contributed by atoms with E-state index in [4.69, 9.17) is 9.47 Å². The van der Waals surface area contributed by atoms with Gasteiger partial charge < -0.3 is 14.4 Å². The van der Waals surface area contributed by atoms with Crippen molar-refractivity contribution in [3.63, 3.8) is 0 Å². The first-order valence-corrected chi connectivity index (χ1v) is 9.79. The minimum absolute atomic E-state index is 0.00942. The van der Waals surface area contributed by atoms with E-state index in [0.717, 1.165) is 50.9 Å². The first kappa shape index (κ1) is 19.9. The van der Waals surface area contributed by atoms with E-state index in [1.807, 2.05) is 23.1 Å². The van der Waals surface area contributed by atoms with E-state index in [-0.39, 0.29) is 18.1 Å². The number of unbranched alkanes of at least 4 members (excludes halogenated alkanes) is 2. The molecule has 0 aromatic heterocycles. The molecule has 0 spiro atoms. The third kappa shape index (κ3) is 6.44. The van der Waals surface area contributed by atoms with E-state index in [1.54, 1.807) is 0 Å². The Labute approximate surface area is 152 Å². The molecule has 0 saturated carbocycles. The molecule has 4 nitrogen and oxygen atoms in total. The second kappa shape index (κ2) is 11.3. The highest BCUT2D eigenvalue weighted by atomic mass is 16.5. The minimum atomic E-state index is 0.00942. The van der Waals surface area contributed by atoms with Crippen LogP contribution in [0.25, 0.3) is 0 Å². The van der Waals surface area contributed by atoms with Gasteiger partial charge in [-0.3, -0.25) is 4.79 Å². The Kier molecular flexibility index (Phi) is 8.98. The van der Waals surface area contributed by atoms with E-state index >= 15 is 0 Å².